The maximum absolute atomic E-state index is 10.5. The van der Waals surface area contributed by atoms with Crippen LogP contribution < -0.4 is 22.7 Å². The van der Waals surface area contributed by atoms with Crippen LogP contribution >= 0.6 is 0 Å². The third-order valence-electron chi connectivity index (χ3n) is 2.03. The summed E-state index contributed by atoms with van der Waals surface area (Å²) < 4.78 is 0. The molecule has 0 radical (unpaired) electrons. The highest BCUT2D eigenvalue weighted by Gasteiger charge is 2.08. The fourth-order valence-electron chi connectivity index (χ4n) is 1.05. The number of nitrogens with zero attached hydrogens (tertiary/aromatic N) is 1. The van der Waals surface area contributed by atoms with E-state index < -0.39 is 40.0 Å². The van der Waals surface area contributed by atoms with Gasteiger partial charge in [0.1, 0.15) is 11.7 Å². The van der Waals surface area contributed by atoms with E-state index in [0.29, 0.717) is 19.4 Å². The Kier molecular flexibility index (Phi) is 11.8. The normalized spacial score (nSPS) is 10.2. The van der Waals surface area contributed by atoms with Crippen molar-refractivity contribution in [1.82, 2.24) is 9.97 Å². The molecule has 0 aliphatic heterocycles. The second-order valence-electron chi connectivity index (χ2n) is 3.92. The molecule has 0 saturated heterocycles. The van der Waals surface area contributed by atoms with E-state index in [4.69, 9.17) is 37.0 Å². The van der Waals surface area contributed by atoms with E-state index >= 15 is 0 Å². The average Bonchev–Trinajstić information content (AvgIpc) is 2.43. The maximum Gasteiger partial charge on any atom is 0.352 e. The van der Waals surface area contributed by atoms with Crippen LogP contribution in [0.3, 0.4) is 0 Å². The average molecular weight is 351 g/mol. The maximum atomic E-state index is 10.5. The van der Waals surface area contributed by atoms with Crippen molar-refractivity contribution in [2.75, 3.05) is 6.54 Å². The number of carboxylic acid groups (broad SMARTS) is 2. The number of H-pyrrole nitrogens is 2. The van der Waals surface area contributed by atoms with Crippen molar-refractivity contribution in [2.24, 2.45) is 11.5 Å². The first-order valence-electron chi connectivity index (χ1n) is 6.09. The summed E-state index contributed by atoms with van der Waals surface area (Å²) in [6, 6.07) is 0.0533. The van der Waals surface area contributed by atoms with Crippen molar-refractivity contribution in [3.05, 3.63) is 42.7 Å². The number of carboxylic acids is 2. The van der Waals surface area contributed by atoms with Gasteiger partial charge in [0.25, 0.3) is 10.6 Å². The van der Waals surface area contributed by atoms with Crippen molar-refractivity contribution in [2.45, 2.75) is 18.9 Å². The molecular weight excluding hydrogens is 334 g/mol. The third-order valence-corrected chi connectivity index (χ3v) is 2.03. The highest BCUT2D eigenvalue weighted by molar-refractivity contribution is 5.84. The van der Waals surface area contributed by atoms with E-state index in [0.717, 1.165) is 6.07 Å². The summed E-state index contributed by atoms with van der Waals surface area (Å²) in [5.41, 5.74) is 8.30. The van der Waals surface area contributed by atoms with Crippen molar-refractivity contribution in [1.29, 1.82) is 0 Å². The Balaban J connectivity index is 0. The molecule has 0 saturated carbocycles. The Morgan fingerprint density at radius 2 is 1.79 bits per heavy atom. The summed E-state index contributed by atoms with van der Waals surface area (Å²) in [5, 5.41) is 30.2. The molecule has 1 heterocycles. The molecule has 0 bridgehead atoms. The third kappa shape index (κ3) is 13.7. The van der Waals surface area contributed by atoms with Crippen LogP contribution in [0.25, 0.3) is 0 Å². The molecule has 14 heteroatoms. The van der Waals surface area contributed by atoms with Crippen LogP contribution in [-0.2, 0) is 4.79 Å². The zero-order chi connectivity index (χ0) is 19.3. The molecule has 0 aliphatic carbocycles. The zero-order valence-corrected chi connectivity index (χ0v) is 12.2. The second kappa shape index (κ2) is 12.3. The van der Waals surface area contributed by atoms with Gasteiger partial charge in [0, 0.05) is 6.07 Å². The number of aromatic carboxylic acids is 1. The molecule has 0 unspecified atom stereocenters. The molecule has 24 heavy (non-hydrogen) atoms. The van der Waals surface area contributed by atoms with E-state index in [1.807, 2.05) is 9.97 Å². The van der Waals surface area contributed by atoms with E-state index in [1.165, 1.54) is 0 Å². The summed E-state index contributed by atoms with van der Waals surface area (Å²) in [6.45, 7) is 0.501. The molecule has 136 valence electrons. The van der Waals surface area contributed by atoms with Crippen molar-refractivity contribution < 1.29 is 30.1 Å². The van der Waals surface area contributed by atoms with Gasteiger partial charge < -0.3 is 31.9 Å². The minimum absolute atomic E-state index is 0.418. The smallest absolute Gasteiger partial charge is 0.352 e. The Hall–Kier alpha value is -3.26. The van der Waals surface area contributed by atoms with Crippen LogP contribution in [-0.4, -0.2) is 55.0 Å². The first-order chi connectivity index (χ1) is 11.0. The molecule has 14 nitrogen and oxygen atoms in total. The second-order valence-corrected chi connectivity index (χ2v) is 3.92. The first-order valence-corrected chi connectivity index (χ1v) is 6.09. The quantitative estimate of drug-likeness (QED) is 0.216. The molecule has 1 atom stereocenters. The number of aromatic nitrogens is 2. The minimum Gasteiger partial charge on any atom is -0.480 e. The fourth-order valence-corrected chi connectivity index (χ4v) is 1.05. The molecule has 1 aromatic heterocycles. The Morgan fingerprint density at radius 1 is 1.29 bits per heavy atom. The number of hydrogen-bond acceptors (Lipinski definition) is 8. The van der Waals surface area contributed by atoms with Gasteiger partial charge >= 0.3 is 17.6 Å². The van der Waals surface area contributed by atoms with Gasteiger partial charge in [-0.3, -0.25) is 14.6 Å². The number of nitrogens with two attached hydrogens (primary N) is 2. The number of nitrogens with one attached hydrogen (secondary N) is 2. The standard InChI is InChI=1S/C5H4N2O4.C5H12N2O2.HNO3/c8-3-1-2(4(9)10)6-5(11)7-3;6-3-1-2-4(7)5(8)9;2-1(3)4/h1H,(H,9,10)(H2,6,7,8,11);4H,1-3,6-7H2,(H,8,9);(H,2,3,4)/t;4-;/m.0./s1. The van der Waals surface area contributed by atoms with Crippen LogP contribution in [0, 0.1) is 10.1 Å². The van der Waals surface area contributed by atoms with Crippen molar-refractivity contribution in [3.63, 3.8) is 0 Å². The molecule has 0 fully saturated rings. The van der Waals surface area contributed by atoms with Crippen LogP contribution in [0.5, 0.6) is 0 Å². The number of aromatic amines is 2. The fraction of sp³-hybridized carbons (Fsp3) is 0.400. The molecule has 1 aromatic rings. The van der Waals surface area contributed by atoms with E-state index in [9.17, 15) is 19.2 Å². The predicted molar refractivity (Wildman–Crippen MR) is 77.3 cm³/mol. The largest absolute Gasteiger partial charge is 0.480 e. The Bertz CT molecular complexity index is 620. The summed E-state index contributed by atoms with van der Waals surface area (Å²) in [7, 11) is 0. The zero-order valence-electron chi connectivity index (χ0n) is 12.2. The molecule has 0 aliphatic rings. The number of hydrogen-bond donors (Lipinski definition) is 7. The van der Waals surface area contributed by atoms with Gasteiger partial charge in [-0.15, -0.1) is 10.1 Å². The number of carbonyl (C=O) groups is 2. The molecule has 1 rings (SSSR count). The van der Waals surface area contributed by atoms with Gasteiger partial charge in [0.15, 0.2) is 0 Å². The molecule has 0 spiro atoms. The monoisotopic (exact) mass is 351 g/mol. The molecule has 9 N–H and O–H groups in total. The van der Waals surface area contributed by atoms with Gasteiger partial charge in [-0.2, -0.15) is 0 Å². The summed E-state index contributed by atoms with van der Waals surface area (Å²) in [6.07, 6.45) is 1.14. The van der Waals surface area contributed by atoms with Crippen LogP contribution in [0.1, 0.15) is 23.3 Å². The lowest BCUT2D eigenvalue weighted by atomic mass is 10.2. The summed E-state index contributed by atoms with van der Waals surface area (Å²) >= 11 is 0. The predicted octanol–water partition coefficient (Wildman–Crippen LogP) is -2.45. The van der Waals surface area contributed by atoms with Gasteiger partial charge in [0.2, 0.25) is 0 Å². The lowest BCUT2D eigenvalue weighted by Gasteiger charge is -2.02. The Labute approximate surface area is 132 Å². The Morgan fingerprint density at radius 3 is 2.12 bits per heavy atom. The minimum atomic E-state index is -1.50. The SMILES string of the molecule is NCCC[C@H](N)C(=O)O.O=C(O)c1cc(=O)[nH]c(=O)[nH]1.O=[N+]([O-])O. The van der Waals surface area contributed by atoms with Gasteiger partial charge in [-0.1, -0.05) is 0 Å². The highest BCUT2D eigenvalue weighted by atomic mass is 16.9. The van der Waals surface area contributed by atoms with Crippen LogP contribution in [0.15, 0.2) is 15.7 Å². The van der Waals surface area contributed by atoms with E-state index in [1.54, 1.807) is 0 Å². The first kappa shape index (κ1) is 23.0. The van der Waals surface area contributed by atoms with E-state index in [-0.39, 0.29) is 0 Å². The summed E-state index contributed by atoms with van der Waals surface area (Å²) in [5.74, 6) is -2.29. The van der Waals surface area contributed by atoms with Gasteiger partial charge in [0.05, 0.1) is 0 Å². The van der Waals surface area contributed by atoms with Gasteiger partial charge in [-0.25, -0.2) is 9.59 Å². The lowest BCUT2D eigenvalue weighted by molar-refractivity contribution is -0.742. The van der Waals surface area contributed by atoms with Gasteiger partial charge in [-0.05, 0) is 19.4 Å². The lowest BCUT2D eigenvalue weighted by Crippen LogP contribution is -2.30. The van der Waals surface area contributed by atoms with Crippen molar-refractivity contribution in [3.8, 4) is 0 Å². The molecular formula is C10H17N5O9. The topological polar surface area (TPSA) is 256 Å². The van der Waals surface area contributed by atoms with Crippen molar-refractivity contribution >= 4 is 11.9 Å². The number of aliphatic carboxylic acids is 1. The van der Waals surface area contributed by atoms with Crippen LogP contribution in [0.4, 0.5) is 0 Å². The molecule has 0 aromatic carbocycles. The van der Waals surface area contributed by atoms with Crippen LogP contribution in [0.2, 0.25) is 0 Å². The van der Waals surface area contributed by atoms with E-state index in [2.05, 4.69) is 0 Å². The number of rotatable bonds is 5. The molecule has 0 amide bonds. The highest BCUT2D eigenvalue weighted by Crippen LogP contribution is 1.91. The summed E-state index contributed by atoms with van der Waals surface area (Å²) in [4.78, 5) is 53.3.